The van der Waals surface area contributed by atoms with Crippen LogP contribution in [0.5, 0.6) is 0 Å². The zero-order chi connectivity index (χ0) is 18.0. The van der Waals surface area contributed by atoms with E-state index in [1.54, 1.807) is 13.8 Å². The Balaban J connectivity index is 1.90. The molecular formula is C18H24N2O3S2. The van der Waals surface area contributed by atoms with Gasteiger partial charge in [-0.2, -0.15) is 0 Å². The van der Waals surface area contributed by atoms with E-state index >= 15 is 0 Å². The zero-order valence-electron chi connectivity index (χ0n) is 14.9. The lowest BCUT2D eigenvalue weighted by atomic mass is 10.0. The van der Waals surface area contributed by atoms with E-state index in [2.05, 4.69) is 16.9 Å². The van der Waals surface area contributed by atoms with Crippen molar-refractivity contribution in [3.63, 3.8) is 0 Å². The van der Waals surface area contributed by atoms with E-state index in [1.807, 2.05) is 11.8 Å². The van der Waals surface area contributed by atoms with Crippen molar-refractivity contribution in [3.05, 3.63) is 26.6 Å². The molecule has 5 nitrogen and oxygen atoms in total. The maximum absolute atomic E-state index is 12.6. The van der Waals surface area contributed by atoms with Gasteiger partial charge in [-0.15, -0.1) is 23.1 Å². The maximum atomic E-state index is 12.6. The Bertz CT molecular complexity index is 822. The number of aromatic amines is 1. The van der Waals surface area contributed by atoms with Crippen LogP contribution >= 0.6 is 23.1 Å². The molecule has 1 fully saturated rings. The lowest BCUT2D eigenvalue weighted by molar-refractivity contribution is 0.0531. The van der Waals surface area contributed by atoms with Crippen molar-refractivity contribution < 1.29 is 9.53 Å². The Kier molecular flexibility index (Phi) is 5.84. The predicted molar refractivity (Wildman–Crippen MR) is 104 cm³/mol. The van der Waals surface area contributed by atoms with E-state index in [-0.39, 0.29) is 16.8 Å². The Morgan fingerprint density at radius 1 is 1.40 bits per heavy atom. The summed E-state index contributed by atoms with van der Waals surface area (Å²) in [4.78, 5) is 33.3. The summed E-state index contributed by atoms with van der Waals surface area (Å²) in [6.07, 6.45) is 6.40. The standard InChI is InChI=1S/C18H24N2O3S2/c1-4-23-18(22)14-10(2)13-16(21)19-15(20-17(13)25-14)11(3)24-12-8-6-5-7-9-12/h11-12H,4-9H2,1-3H3,(H,19,20,21)/t11-/m1/s1. The minimum absolute atomic E-state index is 0.133. The van der Waals surface area contributed by atoms with Crippen LogP contribution in [0.3, 0.4) is 0 Å². The third-order valence-corrected chi connectivity index (χ3v) is 7.27. The third kappa shape index (κ3) is 3.92. The van der Waals surface area contributed by atoms with Gasteiger partial charge < -0.3 is 9.72 Å². The first-order valence-corrected chi connectivity index (χ1v) is 10.6. The third-order valence-electron chi connectivity index (χ3n) is 4.61. The van der Waals surface area contributed by atoms with Crippen LogP contribution in [0.25, 0.3) is 10.2 Å². The van der Waals surface area contributed by atoms with Crippen LogP contribution in [0.1, 0.15) is 72.3 Å². The van der Waals surface area contributed by atoms with Crippen LogP contribution in [0, 0.1) is 6.92 Å². The molecule has 0 amide bonds. The van der Waals surface area contributed by atoms with Gasteiger partial charge in [0.25, 0.3) is 5.56 Å². The highest BCUT2D eigenvalue weighted by molar-refractivity contribution is 8.00. The monoisotopic (exact) mass is 380 g/mol. The van der Waals surface area contributed by atoms with Crippen molar-refractivity contribution in [2.24, 2.45) is 0 Å². The molecule has 2 heterocycles. The molecule has 1 atom stereocenters. The van der Waals surface area contributed by atoms with Crippen LogP contribution in [0.4, 0.5) is 0 Å². The Morgan fingerprint density at radius 3 is 2.80 bits per heavy atom. The Labute approximate surface area is 155 Å². The molecule has 1 aliphatic carbocycles. The van der Waals surface area contributed by atoms with Gasteiger partial charge in [0, 0.05) is 5.25 Å². The number of carbonyl (C=O) groups is 1. The van der Waals surface area contributed by atoms with Gasteiger partial charge in [0.15, 0.2) is 0 Å². The lowest BCUT2D eigenvalue weighted by Gasteiger charge is -2.23. The van der Waals surface area contributed by atoms with E-state index in [4.69, 9.17) is 4.74 Å². The predicted octanol–water partition coefficient (Wildman–Crippen LogP) is 4.60. The first kappa shape index (κ1) is 18.5. The lowest BCUT2D eigenvalue weighted by Crippen LogP contribution is -2.15. The molecule has 136 valence electrons. The molecule has 0 spiro atoms. The number of nitrogens with one attached hydrogen (secondary N) is 1. The second kappa shape index (κ2) is 7.91. The molecule has 25 heavy (non-hydrogen) atoms. The number of nitrogens with zero attached hydrogens (tertiary/aromatic N) is 1. The van der Waals surface area contributed by atoms with Crippen LogP contribution in [-0.2, 0) is 4.74 Å². The van der Waals surface area contributed by atoms with Crippen molar-refractivity contribution >= 4 is 39.3 Å². The molecule has 0 saturated heterocycles. The van der Waals surface area contributed by atoms with Crippen molar-refractivity contribution in [3.8, 4) is 0 Å². The average molecular weight is 381 g/mol. The molecule has 0 aromatic carbocycles. The summed E-state index contributed by atoms with van der Waals surface area (Å²) in [5.41, 5.74) is 0.492. The molecular weight excluding hydrogens is 356 g/mol. The number of hydrogen-bond donors (Lipinski definition) is 1. The SMILES string of the molecule is CCOC(=O)c1sc2nc([C@@H](C)SC3CCCCC3)[nH]c(=O)c2c1C. The number of H-pyrrole nitrogens is 1. The minimum Gasteiger partial charge on any atom is -0.462 e. The Morgan fingerprint density at radius 2 is 2.12 bits per heavy atom. The van der Waals surface area contributed by atoms with E-state index in [1.165, 1.54) is 43.4 Å². The summed E-state index contributed by atoms with van der Waals surface area (Å²) in [5, 5.41) is 1.28. The summed E-state index contributed by atoms with van der Waals surface area (Å²) >= 11 is 3.15. The summed E-state index contributed by atoms with van der Waals surface area (Å²) < 4.78 is 5.08. The number of rotatable bonds is 5. The van der Waals surface area contributed by atoms with Crippen LogP contribution < -0.4 is 5.56 Å². The van der Waals surface area contributed by atoms with Gasteiger partial charge in [-0.1, -0.05) is 19.3 Å². The number of esters is 1. The fourth-order valence-corrected chi connectivity index (χ4v) is 5.80. The van der Waals surface area contributed by atoms with E-state index in [9.17, 15) is 9.59 Å². The topological polar surface area (TPSA) is 72.0 Å². The first-order chi connectivity index (χ1) is 12.0. The van der Waals surface area contributed by atoms with E-state index in [0.29, 0.717) is 38.3 Å². The van der Waals surface area contributed by atoms with Crippen molar-refractivity contribution in [2.75, 3.05) is 6.61 Å². The summed E-state index contributed by atoms with van der Waals surface area (Å²) in [7, 11) is 0. The van der Waals surface area contributed by atoms with Gasteiger partial charge in [0.2, 0.25) is 0 Å². The molecule has 1 N–H and O–H groups in total. The van der Waals surface area contributed by atoms with Crippen molar-refractivity contribution in [1.29, 1.82) is 0 Å². The molecule has 2 aromatic heterocycles. The molecule has 3 rings (SSSR count). The van der Waals surface area contributed by atoms with Gasteiger partial charge in [0.05, 0.1) is 17.2 Å². The second-order valence-electron chi connectivity index (χ2n) is 6.45. The molecule has 1 saturated carbocycles. The van der Waals surface area contributed by atoms with Crippen LogP contribution in [0.15, 0.2) is 4.79 Å². The highest BCUT2D eigenvalue weighted by atomic mass is 32.2. The van der Waals surface area contributed by atoms with Crippen molar-refractivity contribution in [1.82, 2.24) is 9.97 Å². The molecule has 0 bridgehead atoms. The van der Waals surface area contributed by atoms with E-state index < -0.39 is 0 Å². The molecule has 2 aromatic rings. The highest BCUT2D eigenvalue weighted by Crippen LogP contribution is 2.37. The second-order valence-corrected chi connectivity index (χ2v) is 9.09. The van der Waals surface area contributed by atoms with Gasteiger partial charge >= 0.3 is 5.97 Å². The molecule has 0 unspecified atom stereocenters. The number of fused-ring (bicyclic) bond motifs is 1. The summed E-state index contributed by atoms with van der Waals surface area (Å²) in [5.74, 6) is 0.318. The zero-order valence-corrected chi connectivity index (χ0v) is 16.5. The van der Waals surface area contributed by atoms with Gasteiger partial charge in [-0.05, 0) is 39.2 Å². The fourth-order valence-electron chi connectivity index (χ4n) is 3.30. The normalized spacial score (nSPS) is 16.9. The number of aryl methyl sites for hydroxylation is 1. The quantitative estimate of drug-likeness (QED) is 0.768. The number of thiophene rings is 1. The smallest absolute Gasteiger partial charge is 0.348 e. The molecule has 0 aliphatic heterocycles. The van der Waals surface area contributed by atoms with Crippen LogP contribution in [0.2, 0.25) is 0 Å². The number of aromatic nitrogens is 2. The van der Waals surface area contributed by atoms with Crippen molar-refractivity contribution in [2.45, 2.75) is 63.4 Å². The van der Waals surface area contributed by atoms with Gasteiger partial charge in [-0.25, -0.2) is 9.78 Å². The maximum Gasteiger partial charge on any atom is 0.348 e. The number of carbonyl (C=O) groups excluding carboxylic acids is 1. The highest BCUT2D eigenvalue weighted by Gasteiger charge is 2.23. The van der Waals surface area contributed by atoms with E-state index in [0.717, 1.165) is 0 Å². The minimum atomic E-state index is -0.381. The Hall–Kier alpha value is -1.34. The molecule has 7 heteroatoms. The van der Waals surface area contributed by atoms with Crippen LogP contribution in [-0.4, -0.2) is 27.8 Å². The number of thioether (sulfide) groups is 1. The largest absolute Gasteiger partial charge is 0.462 e. The fraction of sp³-hybridized carbons (Fsp3) is 0.611. The van der Waals surface area contributed by atoms with Gasteiger partial charge in [0.1, 0.15) is 15.5 Å². The molecule has 0 radical (unpaired) electrons. The first-order valence-electron chi connectivity index (χ1n) is 8.87. The summed E-state index contributed by atoms with van der Waals surface area (Å²) in [6, 6.07) is 0. The number of ether oxygens (including phenoxy) is 1. The molecule has 1 aliphatic rings. The average Bonchev–Trinajstić information content (AvgIpc) is 2.93. The summed E-state index contributed by atoms with van der Waals surface area (Å²) in [6.45, 7) is 5.96. The number of hydrogen-bond acceptors (Lipinski definition) is 6. The van der Waals surface area contributed by atoms with Gasteiger partial charge in [-0.3, -0.25) is 4.79 Å².